The van der Waals surface area contributed by atoms with Crippen LogP contribution in [0.1, 0.15) is 25.0 Å². The van der Waals surface area contributed by atoms with E-state index in [0.29, 0.717) is 19.6 Å². The maximum Gasteiger partial charge on any atom is 0.266 e. The number of nitriles is 1. The zero-order chi connectivity index (χ0) is 17.5. The number of ether oxygens (including phenoxy) is 1. The fourth-order valence-electron chi connectivity index (χ4n) is 2.93. The van der Waals surface area contributed by atoms with Crippen molar-refractivity contribution in [1.29, 1.82) is 5.26 Å². The van der Waals surface area contributed by atoms with E-state index in [-0.39, 0.29) is 23.7 Å². The molecule has 2 unspecified atom stereocenters. The minimum Gasteiger partial charge on any atom is -0.389 e. The van der Waals surface area contributed by atoms with Gasteiger partial charge in [-0.05, 0) is 38.3 Å². The number of rotatable bonds is 5. The summed E-state index contributed by atoms with van der Waals surface area (Å²) in [7, 11) is 0. The first kappa shape index (κ1) is 18.0. The smallest absolute Gasteiger partial charge is 0.266 e. The molecular weight excluding hydrogens is 302 g/mol. The zero-order valence-corrected chi connectivity index (χ0v) is 14.6. The highest BCUT2D eigenvalue weighted by Crippen LogP contribution is 2.13. The van der Waals surface area contributed by atoms with Crippen LogP contribution in [0.5, 0.6) is 0 Å². The Kier molecular flexibility index (Phi) is 6.39. The second kappa shape index (κ2) is 8.51. The normalized spacial score (nSPS) is 21.2. The number of amides is 1. The van der Waals surface area contributed by atoms with Crippen LogP contribution in [-0.2, 0) is 16.0 Å². The van der Waals surface area contributed by atoms with Gasteiger partial charge in [0, 0.05) is 25.8 Å². The van der Waals surface area contributed by atoms with Crippen molar-refractivity contribution in [3.05, 3.63) is 47.2 Å². The van der Waals surface area contributed by atoms with E-state index in [0.717, 1.165) is 6.42 Å². The predicted octanol–water partition coefficient (Wildman–Crippen LogP) is 2.17. The largest absolute Gasteiger partial charge is 0.389 e. The predicted molar refractivity (Wildman–Crippen MR) is 93.2 cm³/mol. The summed E-state index contributed by atoms with van der Waals surface area (Å²) >= 11 is 0. The molecular formula is C19H25N3O2. The Labute approximate surface area is 143 Å². The van der Waals surface area contributed by atoms with E-state index in [9.17, 15) is 10.1 Å². The second-order valence-corrected chi connectivity index (χ2v) is 6.27. The van der Waals surface area contributed by atoms with Crippen LogP contribution >= 0.6 is 0 Å². The molecule has 0 aromatic heterocycles. The summed E-state index contributed by atoms with van der Waals surface area (Å²) in [4.78, 5) is 14.2. The van der Waals surface area contributed by atoms with Crippen LogP contribution in [0.25, 0.3) is 0 Å². The molecule has 128 valence electrons. The van der Waals surface area contributed by atoms with Gasteiger partial charge in [0.2, 0.25) is 0 Å². The van der Waals surface area contributed by atoms with Crippen LogP contribution in [0.4, 0.5) is 0 Å². The van der Waals surface area contributed by atoms with Crippen molar-refractivity contribution in [1.82, 2.24) is 10.2 Å². The Morgan fingerprint density at radius 3 is 2.67 bits per heavy atom. The van der Waals surface area contributed by atoms with Gasteiger partial charge in [-0.15, -0.1) is 0 Å². The van der Waals surface area contributed by atoms with Crippen LogP contribution in [0, 0.1) is 18.3 Å². The van der Waals surface area contributed by atoms with E-state index in [1.165, 1.54) is 17.3 Å². The van der Waals surface area contributed by atoms with Crippen LogP contribution in [0.2, 0.25) is 0 Å². The molecule has 5 heteroatoms. The molecule has 1 aliphatic heterocycles. The number of nitrogens with zero attached hydrogens (tertiary/aromatic N) is 2. The molecule has 1 aromatic rings. The molecule has 0 saturated carbocycles. The van der Waals surface area contributed by atoms with E-state index >= 15 is 0 Å². The second-order valence-electron chi connectivity index (χ2n) is 6.27. The summed E-state index contributed by atoms with van der Waals surface area (Å²) in [6.45, 7) is 7.67. The third-order valence-electron chi connectivity index (χ3n) is 4.10. The zero-order valence-electron chi connectivity index (χ0n) is 14.6. The van der Waals surface area contributed by atoms with E-state index in [2.05, 4.69) is 24.4 Å². The van der Waals surface area contributed by atoms with Gasteiger partial charge >= 0.3 is 0 Å². The van der Waals surface area contributed by atoms with Crippen molar-refractivity contribution < 1.29 is 9.53 Å². The molecule has 2 atom stereocenters. The molecule has 5 nitrogen and oxygen atoms in total. The monoisotopic (exact) mass is 327 g/mol. The molecule has 1 amide bonds. The number of aryl methyl sites for hydroxylation is 1. The number of hydrogen-bond acceptors (Lipinski definition) is 4. The lowest BCUT2D eigenvalue weighted by Gasteiger charge is -2.35. The van der Waals surface area contributed by atoms with Gasteiger partial charge < -0.3 is 15.0 Å². The van der Waals surface area contributed by atoms with E-state index in [1.807, 2.05) is 32.0 Å². The maximum atomic E-state index is 12.5. The fraction of sp³-hybridized carbons (Fsp3) is 0.474. The van der Waals surface area contributed by atoms with Gasteiger partial charge in [0.25, 0.3) is 5.91 Å². The molecule has 1 saturated heterocycles. The van der Waals surface area contributed by atoms with Gasteiger partial charge in [-0.3, -0.25) is 4.79 Å². The quantitative estimate of drug-likeness (QED) is 0.511. The standard InChI is InChI=1S/C19H25N3O2/c1-14-6-4-5-7-17(14)8-9-21-11-18(10-20)19(23)22-12-15(2)24-16(3)13-22/h4-7,11,15-16,21H,8-9,12-13H2,1-3H3/b18-11-. The summed E-state index contributed by atoms with van der Waals surface area (Å²) in [6, 6.07) is 10.2. The van der Waals surface area contributed by atoms with E-state index in [1.54, 1.807) is 4.90 Å². The SMILES string of the molecule is Cc1ccccc1CCN/C=C(/C#N)C(=O)N1CC(C)OC(C)C1. The average molecular weight is 327 g/mol. The molecule has 1 aliphatic rings. The minimum absolute atomic E-state index is 0.00772. The topological polar surface area (TPSA) is 65.4 Å². The number of carbonyl (C=O) groups is 1. The summed E-state index contributed by atoms with van der Waals surface area (Å²) in [5.41, 5.74) is 2.65. The summed E-state index contributed by atoms with van der Waals surface area (Å²) in [6.07, 6.45) is 2.37. The lowest BCUT2D eigenvalue weighted by molar-refractivity contribution is -0.138. The molecule has 1 fully saturated rings. The van der Waals surface area contributed by atoms with Gasteiger partial charge in [0.1, 0.15) is 11.6 Å². The maximum absolute atomic E-state index is 12.5. The van der Waals surface area contributed by atoms with Crippen LogP contribution < -0.4 is 5.32 Å². The van der Waals surface area contributed by atoms with Crippen LogP contribution in [0.15, 0.2) is 36.0 Å². The van der Waals surface area contributed by atoms with Crippen molar-refractivity contribution >= 4 is 5.91 Å². The third-order valence-corrected chi connectivity index (χ3v) is 4.10. The van der Waals surface area contributed by atoms with Gasteiger partial charge in [-0.25, -0.2) is 0 Å². The molecule has 1 heterocycles. The number of carbonyl (C=O) groups excluding carboxylic acids is 1. The Morgan fingerprint density at radius 1 is 1.38 bits per heavy atom. The third kappa shape index (κ3) is 4.84. The summed E-state index contributed by atoms with van der Waals surface area (Å²) in [5, 5.41) is 12.4. The first-order chi connectivity index (χ1) is 11.5. The summed E-state index contributed by atoms with van der Waals surface area (Å²) < 4.78 is 5.63. The molecule has 0 bridgehead atoms. The number of morpholine rings is 1. The van der Waals surface area contributed by atoms with Crippen molar-refractivity contribution in [2.24, 2.45) is 0 Å². The Morgan fingerprint density at radius 2 is 2.04 bits per heavy atom. The number of hydrogen-bond donors (Lipinski definition) is 1. The molecule has 1 N–H and O–H groups in total. The molecule has 0 aliphatic carbocycles. The Hall–Kier alpha value is -2.32. The fourth-order valence-corrected chi connectivity index (χ4v) is 2.93. The van der Waals surface area contributed by atoms with Crippen molar-refractivity contribution in [3.8, 4) is 6.07 Å². The van der Waals surface area contributed by atoms with Gasteiger partial charge in [-0.1, -0.05) is 24.3 Å². The highest BCUT2D eigenvalue weighted by molar-refractivity contribution is 5.97. The Balaban J connectivity index is 1.90. The molecule has 0 spiro atoms. The van der Waals surface area contributed by atoms with E-state index in [4.69, 9.17) is 4.74 Å². The molecule has 24 heavy (non-hydrogen) atoms. The molecule has 2 rings (SSSR count). The van der Waals surface area contributed by atoms with Gasteiger partial charge in [0.15, 0.2) is 0 Å². The van der Waals surface area contributed by atoms with Gasteiger partial charge in [0.05, 0.1) is 12.2 Å². The number of nitrogens with one attached hydrogen (secondary N) is 1. The van der Waals surface area contributed by atoms with Crippen LogP contribution in [0.3, 0.4) is 0 Å². The highest BCUT2D eigenvalue weighted by Gasteiger charge is 2.27. The number of benzene rings is 1. The van der Waals surface area contributed by atoms with Crippen molar-refractivity contribution in [2.45, 2.75) is 39.4 Å². The molecule has 0 radical (unpaired) electrons. The van der Waals surface area contributed by atoms with Crippen LogP contribution in [-0.4, -0.2) is 42.6 Å². The van der Waals surface area contributed by atoms with Crippen molar-refractivity contribution in [3.63, 3.8) is 0 Å². The first-order valence-electron chi connectivity index (χ1n) is 8.34. The van der Waals surface area contributed by atoms with Gasteiger partial charge in [-0.2, -0.15) is 5.26 Å². The van der Waals surface area contributed by atoms with Crippen molar-refractivity contribution in [2.75, 3.05) is 19.6 Å². The lowest BCUT2D eigenvalue weighted by atomic mass is 10.1. The first-order valence-corrected chi connectivity index (χ1v) is 8.34. The minimum atomic E-state index is -0.233. The summed E-state index contributed by atoms with van der Waals surface area (Å²) in [5.74, 6) is -0.233. The highest BCUT2D eigenvalue weighted by atomic mass is 16.5. The lowest BCUT2D eigenvalue weighted by Crippen LogP contribution is -2.48. The Bertz CT molecular complexity index is 638. The van der Waals surface area contributed by atoms with E-state index < -0.39 is 0 Å². The molecule has 1 aromatic carbocycles. The average Bonchev–Trinajstić information content (AvgIpc) is 2.55.